The Kier molecular flexibility index (Phi) is 5.38. The molecule has 0 aliphatic heterocycles. The van der Waals surface area contributed by atoms with Crippen LogP contribution in [0.1, 0.15) is 18.9 Å². The van der Waals surface area contributed by atoms with Gasteiger partial charge in [0, 0.05) is 22.6 Å². The molecule has 0 aliphatic rings. The van der Waals surface area contributed by atoms with Gasteiger partial charge in [0.15, 0.2) is 0 Å². The van der Waals surface area contributed by atoms with Crippen molar-refractivity contribution in [2.45, 2.75) is 24.3 Å². The molecule has 0 saturated heterocycles. The maximum absolute atomic E-state index is 6.05. The quantitative estimate of drug-likeness (QED) is 0.839. The van der Waals surface area contributed by atoms with Crippen LogP contribution in [0.4, 0.5) is 0 Å². The molecule has 0 aliphatic carbocycles. The molecule has 1 rings (SSSR count). The lowest BCUT2D eigenvalue weighted by atomic mass is 10.2. The highest BCUT2D eigenvalue weighted by Gasteiger charge is 2.05. The van der Waals surface area contributed by atoms with Gasteiger partial charge in [0.05, 0.1) is 0 Å². The highest BCUT2D eigenvalue weighted by atomic mass is 35.5. The van der Waals surface area contributed by atoms with Crippen molar-refractivity contribution in [3.8, 4) is 0 Å². The second kappa shape index (κ2) is 6.33. The molecule has 0 heterocycles. The average Bonchev–Trinajstić information content (AvgIpc) is 2.22. The van der Waals surface area contributed by atoms with Crippen LogP contribution in [0.25, 0.3) is 0 Å². The molecule has 1 atom stereocenters. The van der Waals surface area contributed by atoms with Gasteiger partial charge in [-0.15, -0.1) is 0 Å². The number of benzene rings is 1. The molecule has 0 spiro atoms. The average molecular weight is 230 g/mol. The van der Waals surface area contributed by atoms with Gasteiger partial charge in [0.25, 0.3) is 0 Å². The second-order valence-corrected chi connectivity index (χ2v) is 4.86. The van der Waals surface area contributed by atoms with Gasteiger partial charge in [-0.25, -0.2) is 0 Å². The maximum atomic E-state index is 6.05. The Balaban J connectivity index is 2.49. The molecular weight excluding hydrogens is 214 g/mol. The number of halogens is 1. The van der Waals surface area contributed by atoms with Crippen molar-refractivity contribution in [2.75, 3.05) is 6.54 Å². The zero-order valence-corrected chi connectivity index (χ0v) is 9.94. The summed E-state index contributed by atoms with van der Waals surface area (Å²) in [5.41, 5.74) is 6.83. The number of thioether (sulfide) groups is 1. The monoisotopic (exact) mass is 229 g/mol. The Labute approximate surface area is 95.0 Å². The molecule has 0 radical (unpaired) electrons. The van der Waals surface area contributed by atoms with E-state index in [1.54, 1.807) is 0 Å². The van der Waals surface area contributed by atoms with Crippen LogP contribution in [0.3, 0.4) is 0 Å². The summed E-state index contributed by atoms with van der Waals surface area (Å²) in [7, 11) is 0. The summed E-state index contributed by atoms with van der Waals surface area (Å²) >= 11 is 7.93. The summed E-state index contributed by atoms with van der Waals surface area (Å²) in [4.78, 5) is 0. The topological polar surface area (TPSA) is 26.0 Å². The third kappa shape index (κ3) is 3.52. The molecule has 0 aromatic heterocycles. The predicted octanol–water partition coefficient (Wildman–Crippen LogP) is 3.31. The highest BCUT2D eigenvalue weighted by Crippen LogP contribution is 2.24. The highest BCUT2D eigenvalue weighted by molar-refractivity contribution is 7.99. The Morgan fingerprint density at radius 3 is 2.71 bits per heavy atom. The van der Waals surface area contributed by atoms with Gasteiger partial charge in [-0.1, -0.05) is 36.7 Å². The summed E-state index contributed by atoms with van der Waals surface area (Å²) in [6.07, 6.45) is 1.12. The van der Waals surface area contributed by atoms with Crippen LogP contribution in [-0.4, -0.2) is 11.8 Å². The zero-order chi connectivity index (χ0) is 10.4. The van der Waals surface area contributed by atoms with E-state index >= 15 is 0 Å². The van der Waals surface area contributed by atoms with Gasteiger partial charge in [-0.3, -0.25) is 0 Å². The molecule has 78 valence electrons. The first-order chi connectivity index (χ1) is 6.77. The first-order valence-corrected chi connectivity index (χ1v) is 6.25. The third-order valence-corrected chi connectivity index (χ3v) is 3.99. The molecule has 3 heteroatoms. The minimum Gasteiger partial charge on any atom is -0.329 e. The van der Waals surface area contributed by atoms with Crippen LogP contribution >= 0.6 is 23.4 Å². The van der Waals surface area contributed by atoms with E-state index < -0.39 is 0 Å². The van der Waals surface area contributed by atoms with Crippen molar-refractivity contribution in [3.05, 3.63) is 34.9 Å². The predicted molar refractivity (Wildman–Crippen MR) is 65.9 cm³/mol. The zero-order valence-electron chi connectivity index (χ0n) is 8.37. The van der Waals surface area contributed by atoms with Crippen LogP contribution in [0.5, 0.6) is 0 Å². The SMILES string of the molecule is CCC(CN)SCc1ccccc1Cl. The van der Waals surface area contributed by atoms with Crippen molar-refractivity contribution in [1.29, 1.82) is 0 Å². The lowest BCUT2D eigenvalue weighted by Crippen LogP contribution is -2.15. The lowest BCUT2D eigenvalue weighted by Gasteiger charge is -2.11. The second-order valence-electron chi connectivity index (χ2n) is 3.17. The van der Waals surface area contributed by atoms with E-state index in [1.807, 2.05) is 30.0 Å². The van der Waals surface area contributed by atoms with E-state index in [4.69, 9.17) is 17.3 Å². The van der Waals surface area contributed by atoms with Crippen LogP contribution in [0.15, 0.2) is 24.3 Å². The largest absolute Gasteiger partial charge is 0.329 e. The van der Waals surface area contributed by atoms with Gasteiger partial charge in [0.2, 0.25) is 0 Å². The lowest BCUT2D eigenvalue weighted by molar-refractivity contribution is 0.826. The Morgan fingerprint density at radius 2 is 2.14 bits per heavy atom. The molecule has 0 amide bonds. The summed E-state index contributed by atoms with van der Waals surface area (Å²) in [5.74, 6) is 0.954. The fourth-order valence-electron chi connectivity index (χ4n) is 1.18. The van der Waals surface area contributed by atoms with E-state index in [0.29, 0.717) is 5.25 Å². The maximum Gasteiger partial charge on any atom is 0.0446 e. The molecule has 1 nitrogen and oxygen atoms in total. The van der Waals surface area contributed by atoms with Gasteiger partial charge >= 0.3 is 0 Å². The molecule has 1 unspecified atom stereocenters. The number of rotatable bonds is 5. The van der Waals surface area contributed by atoms with Crippen molar-refractivity contribution >= 4 is 23.4 Å². The van der Waals surface area contributed by atoms with Crippen LogP contribution < -0.4 is 5.73 Å². The van der Waals surface area contributed by atoms with Gasteiger partial charge in [0.1, 0.15) is 0 Å². The number of hydrogen-bond donors (Lipinski definition) is 1. The van der Waals surface area contributed by atoms with Gasteiger partial charge in [-0.2, -0.15) is 11.8 Å². The van der Waals surface area contributed by atoms with E-state index in [0.717, 1.165) is 23.7 Å². The fourth-order valence-corrected chi connectivity index (χ4v) is 2.50. The molecule has 0 bridgehead atoms. The van der Waals surface area contributed by atoms with E-state index in [9.17, 15) is 0 Å². The first kappa shape index (κ1) is 11.9. The van der Waals surface area contributed by atoms with Crippen LogP contribution in [-0.2, 0) is 5.75 Å². The fraction of sp³-hybridized carbons (Fsp3) is 0.455. The molecule has 14 heavy (non-hydrogen) atoms. The van der Waals surface area contributed by atoms with Crippen molar-refractivity contribution in [2.24, 2.45) is 5.73 Å². The van der Waals surface area contributed by atoms with Gasteiger partial charge in [-0.05, 0) is 18.1 Å². The smallest absolute Gasteiger partial charge is 0.0446 e. The Bertz CT molecular complexity index is 274. The molecule has 1 aromatic carbocycles. The van der Waals surface area contributed by atoms with Gasteiger partial charge < -0.3 is 5.73 Å². The van der Waals surface area contributed by atoms with Crippen LogP contribution in [0.2, 0.25) is 5.02 Å². The number of nitrogens with two attached hydrogens (primary N) is 1. The molecule has 0 saturated carbocycles. The first-order valence-electron chi connectivity index (χ1n) is 4.83. The molecule has 0 fully saturated rings. The van der Waals surface area contributed by atoms with E-state index in [2.05, 4.69) is 13.0 Å². The normalized spacial score (nSPS) is 12.8. The van der Waals surface area contributed by atoms with Crippen molar-refractivity contribution in [1.82, 2.24) is 0 Å². The summed E-state index contributed by atoms with van der Waals surface area (Å²) in [5, 5.41) is 1.40. The molecular formula is C11H16ClNS. The van der Waals surface area contributed by atoms with E-state index in [-0.39, 0.29) is 0 Å². The van der Waals surface area contributed by atoms with Crippen LogP contribution in [0, 0.1) is 0 Å². The minimum atomic E-state index is 0.547. The Morgan fingerprint density at radius 1 is 1.43 bits per heavy atom. The molecule has 1 aromatic rings. The van der Waals surface area contributed by atoms with E-state index in [1.165, 1.54) is 5.56 Å². The summed E-state index contributed by atoms with van der Waals surface area (Å²) in [6.45, 7) is 2.91. The standard InChI is InChI=1S/C11H16ClNS/c1-2-10(7-13)14-8-9-5-3-4-6-11(9)12/h3-6,10H,2,7-8,13H2,1H3. The summed E-state index contributed by atoms with van der Waals surface area (Å²) in [6, 6.07) is 7.97. The molecule has 2 N–H and O–H groups in total. The van der Waals surface area contributed by atoms with Crippen molar-refractivity contribution < 1.29 is 0 Å². The number of hydrogen-bond acceptors (Lipinski definition) is 2. The van der Waals surface area contributed by atoms with Crippen molar-refractivity contribution in [3.63, 3.8) is 0 Å². The minimum absolute atomic E-state index is 0.547. The Hall–Kier alpha value is -0.180. The third-order valence-electron chi connectivity index (χ3n) is 2.15. The summed E-state index contributed by atoms with van der Waals surface area (Å²) < 4.78 is 0.